The quantitative estimate of drug-likeness (QED) is 0.786. The maximum atomic E-state index is 13.7. The summed E-state index contributed by atoms with van der Waals surface area (Å²) < 4.78 is 13.7. The van der Waals surface area contributed by atoms with Gasteiger partial charge in [-0.3, -0.25) is 4.79 Å². The Balaban J connectivity index is 2.43. The van der Waals surface area contributed by atoms with E-state index in [1.54, 1.807) is 19.1 Å². The number of halogens is 1. The number of carbonyl (C=O) groups excluding carboxylic acids is 1. The molecule has 0 unspecified atom stereocenters. The predicted molar refractivity (Wildman–Crippen MR) is 71.6 cm³/mol. The number of nitrogen functional groups attached to an aromatic ring is 1. The van der Waals surface area contributed by atoms with E-state index >= 15 is 0 Å². The summed E-state index contributed by atoms with van der Waals surface area (Å²) in [6.07, 6.45) is 0. The fourth-order valence-corrected chi connectivity index (χ4v) is 1.62. The minimum atomic E-state index is -0.673. The Bertz CT molecular complexity index is 622. The maximum Gasteiger partial charge on any atom is 0.267 e. The average molecular weight is 260 g/mol. The van der Waals surface area contributed by atoms with Crippen molar-refractivity contribution in [1.82, 2.24) is 4.98 Å². The van der Waals surface area contributed by atoms with E-state index in [1.165, 1.54) is 18.2 Å². The maximum absolute atomic E-state index is 13.7. The smallest absolute Gasteiger partial charge is 0.267 e. The number of pyridine rings is 1. The van der Waals surface area contributed by atoms with Crippen molar-refractivity contribution in [3.05, 3.63) is 47.4 Å². The third-order valence-corrected chi connectivity index (χ3v) is 2.64. The molecule has 1 aromatic heterocycles. The number of nitrogens with zero attached hydrogens (tertiary/aromatic N) is 1. The highest BCUT2D eigenvalue weighted by Crippen LogP contribution is 2.26. The Morgan fingerprint density at radius 3 is 2.68 bits per heavy atom. The molecule has 0 radical (unpaired) electrons. The first kappa shape index (κ1) is 12.8. The van der Waals surface area contributed by atoms with Gasteiger partial charge in [0.25, 0.3) is 5.91 Å². The molecular formula is C13H13FN4O. The molecule has 1 amide bonds. The minimum absolute atomic E-state index is 0.0608. The molecule has 6 heteroatoms. The molecule has 0 atom stereocenters. The lowest BCUT2D eigenvalue weighted by Gasteiger charge is -2.12. The Labute approximate surface area is 109 Å². The van der Waals surface area contributed by atoms with Crippen LogP contribution in [0, 0.1) is 12.7 Å². The summed E-state index contributed by atoms with van der Waals surface area (Å²) in [6.45, 7) is 1.75. The number of hydrogen-bond donors (Lipinski definition) is 3. The molecule has 0 aliphatic carbocycles. The number of hydrogen-bond acceptors (Lipinski definition) is 4. The third kappa shape index (κ3) is 2.62. The van der Waals surface area contributed by atoms with Crippen molar-refractivity contribution in [2.45, 2.75) is 6.92 Å². The Hall–Kier alpha value is -2.63. The number of para-hydroxylation sites is 1. The molecule has 1 aromatic carbocycles. The molecular weight excluding hydrogens is 247 g/mol. The number of anilines is 3. The van der Waals surface area contributed by atoms with E-state index in [0.717, 1.165) is 0 Å². The lowest BCUT2D eigenvalue weighted by atomic mass is 10.2. The molecule has 0 aliphatic rings. The minimum Gasteiger partial charge on any atom is -0.396 e. The molecule has 1 heterocycles. The standard InChI is InChI=1S/C13H13FN4O/c1-7-3-2-4-8(14)11(7)18-13-9(15)5-6-10(17-13)12(16)19/h2-6H,15H2,1H3,(H2,16,19)(H,17,18). The van der Waals surface area contributed by atoms with Gasteiger partial charge in [-0.1, -0.05) is 12.1 Å². The van der Waals surface area contributed by atoms with Crippen LogP contribution >= 0.6 is 0 Å². The number of primary amides is 1. The summed E-state index contributed by atoms with van der Waals surface area (Å²) in [7, 11) is 0. The van der Waals surface area contributed by atoms with E-state index in [1.807, 2.05) is 0 Å². The number of nitrogens with one attached hydrogen (secondary N) is 1. The molecule has 98 valence electrons. The van der Waals surface area contributed by atoms with Crippen molar-refractivity contribution in [2.24, 2.45) is 5.73 Å². The van der Waals surface area contributed by atoms with Crippen molar-refractivity contribution < 1.29 is 9.18 Å². The highest BCUT2D eigenvalue weighted by Gasteiger charge is 2.11. The van der Waals surface area contributed by atoms with Crippen molar-refractivity contribution in [1.29, 1.82) is 0 Å². The van der Waals surface area contributed by atoms with Crippen molar-refractivity contribution >= 4 is 23.1 Å². The van der Waals surface area contributed by atoms with Gasteiger partial charge in [0, 0.05) is 0 Å². The summed E-state index contributed by atoms with van der Waals surface area (Å²) in [4.78, 5) is 15.0. The van der Waals surface area contributed by atoms with Crippen LogP contribution in [0.25, 0.3) is 0 Å². The zero-order valence-corrected chi connectivity index (χ0v) is 10.3. The lowest BCUT2D eigenvalue weighted by Crippen LogP contribution is -2.14. The van der Waals surface area contributed by atoms with Crippen LogP contribution in [0.15, 0.2) is 30.3 Å². The van der Waals surface area contributed by atoms with Crippen LogP contribution in [0.5, 0.6) is 0 Å². The Morgan fingerprint density at radius 1 is 1.32 bits per heavy atom. The molecule has 0 aliphatic heterocycles. The van der Waals surface area contributed by atoms with Crippen molar-refractivity contribution in [3.63, 3.8) is 0 Å². The van der Waals surface area contributed by atoms with E-state index in [2.05, 4.69) is 10.3 Å². The molecule has 0 saturated heterocycles. The third-order valence-electron chi connectivity index (χ3n) is 2.64. The van der Waals surface area contributed by atoms with Gasteiger partial charge in [-0.05, 0) is 30.7 Å². The first-order valence-corrected chi connectivity index (χ1v) is 5.57. The Kier molecular flexibility index (Phi) is 3.33. The van der Waals surface area contributed by atoms with Crippen LogP contribution < -0.4 is 16.8 Å². The van der Waals surface area contributed by atoms with Gasteiger partial charge >= 0.3 is 0 Å². The number of rotatable bonds is 3. The fourth-order valence-electron chi connectivity index (χ4n) is 1.62. The van der Waals surface area contributed by atoms with Crippen LogP contribution in [0.2, 0.25) is 0 Å². The van der Waals surface area contributed by atoms with E-state index in [-0.39, 0.29) is 17.2 Å². The second kappa shape index (κ2) is 4.93. The predicted octanol–water partition coefficient (Wildman–Crippen LogP) is 1.95. The van der Waals surface area contributed by atoms with Crippen LogP contribution in [0.3, 0.4) is 0 Å². The van der Waals surface area contributed by atoms with Gasteiger partial charge in [-0.15, -0.1) is 0 Å². The summed E-state index contributed by atoms with van der Waals surface area (Å²) in [5.74, 6) is -0.900. The summed E-state index contributed by atoms with van der Waals surface area (Å²) in [5, 5.41) is 2.79. The largest absolute Gasteiger partial charge is 0.396 e. The van der Waals surface area contributed by atoms with Crippen LogP contribution in [0.4, 0.5) is 21.6 Å². The first-order chi connectivity index (χ1) is 8.99. The van der Waals surface area contributed by atoms with Gasteiger partial charge < -0.3 is 16.8 Å². The molecule has 0 fully saturated rings. The lowest BCUT2D eigenvalue weighted by molar-refractivity contribution is 0.0996. The SMILES string of the molecule is Cc1cccc(F)c1Nc1nc(C(N)=O)ccc1N. The van der Waals surface area contributed by atoms with Gasteiger partial charge in [-0.25, -0.2) is 9.37 Å². The zero-order chi connectivity index (χ0) is 14.0. The second-order valence-corrected chi connectivity index (χ2v) is 4.06. The number of nitrogens with two attached hydrogens (primary N) is 2. The molecule has 19 heavy (non-hydrogen) atoms. The Morgan fingerprint density at radius 2 is 2.05 bits per heavy atom. The number of amides is 1. The highest BCUT2D eigenvalue weighted by atomic mass is 19.1. The molecule has 0 bridgehead atoms. The van der Waals surface area contributed by atoms with Gasteiger partial charge in [-0.2, -0.15) is 0 Å². The number of benzene rings is 1. The molecule has 2 rings (SSSR count). The second-order valence-electron chi connectivity index (χ2n) is 4.06. The molecule has 2 aromatic rings. The highest BCUT2D eigenvalue weighted by molar-refractivity contribution is 5.92. The van der Waals surface area contributed by atoms with Gasteiger partial charge in [0.1, 0.15) is 11.5 Å². The number of aryl methyl sites for hydroxylation is 1. The van der Waals surface area contributed by atoms with Crippen molar-refractivity contribution in [2.75, 3.05) is 11.1 Å². The van der Waals surface area contributed by atoms with Gasteiger partial charge in [0.15, 0.2) is 5.82 Å². The van der Waals surface area contributed by atoms with E-state index in [4.69, 9.17) is 11.5 Å². The number of aromatic nitrogens is 1. The summed E-state index contributed by atoms with van der Waals surface area (Å²) >= 11 is 0. The molecule has 5 N–H and O–H groups in total. The normalized spacial score (nSPS) is 10.2. The van der Waals surface area contributed by atoms with Crippen LogP contribution in [-0.2, 0) is 0 Å². The van der Waals surface area contributed by atoms with Crippen LogP contribution in [-0.4, -0.2) is 10.9 Å². The van der Waals surface area contributed by atoms with E-state index in [9.17, 15) is 9.18 Å². The summed E-state index contributed by atoms with van der Waals surface area (Å²) in [6, 6.07) is 7.58. The summed E-state index contributed by atoms with van der Waals surface area (Å²) in [5.41, 5.74) is 12.2. The topological polar surface area (TPSA) is 94.0 Å². The monoisotopic (exact) mass is 260 g/mol. The zero-order valence-electron chi connectivity index (χ0n) is 10.3. The average Bonchev–Trinajstić information content (AvgIpc) is 2.35. The van der Waals surface area contributed by atoms with Gasteiger partial charge in [0.05, 0.1) is 11.4 Å². The fraction of sp³-hybridized carbons (Fsp3) is 0.0769. The van der Waals surface area contributed by atoms with Gasteiger partial charge in [0.2, 0.25) is 0 Å². The van der Waals surface area contributed by atoms with E-state index < -0.39 is 11.7 Å². The molecule has 0 spiro atoms. The number of carbonyl (C=O) groups is 1. The van der Waals surface area contributed by atoms with Crippen molar-refractivity contribution in [3.8, 4) is 0 Å². The molecule has 5 nitrogen and oxygen atoms in total. The van der Waals surface area contributed by atoms with Crippen LogP contribution in [0.1, 0.15) is 16.1 Å². The van der Waals surface area contributed by atoms with E-state index in [0.29, 0.717) is 11.3 Å². The first-order valence-electron chi connectivity index (χ1n) is 5.57. The molecule has 0 saturated carbocycles.